The number of aromatic nitrogens is 4. The van der Waals surface area contributed by atoms with Crippen LogP contribution in [0.25, 0.3) is 22.4 Å². The van der Waals surface area contributed by atoms with Crippen molar-refractivity contribution in [2.24, 2.45) is 0 Å². The fourth-order valence-electron chi connectivity index (χ4n) is 4.23. The molecule has 0 fully saturated rings. The fraction of sp³-hybridized carbons (Fsp3) is 0.160. The molecule has 1 aliphatic heterocycles. The van der Waals surface area contributed by atoms with Crippen LogP contribution in [0.2, 0.25) is 0 Å². The van der Waals surface area contributed by atoms with E-state index in [0.29, 0.717) is 51.4 Å². The summed E-state index contributed by atoms with van der Waals surface area (Å²) in [5.41, 5.74) is 9.97. The van der Waals surface area contributed by atoms with Gasteiger partial charge in [-0.2, -0.15) is 10.4 Å². The number of nitrogens with zero attached hydrogens (tertiary/aromatic N) is 5. The molecule has 3 aromatic heterocycles. The Morgan fingerprint density at radius 1 is 1.21 bits per heavy atom. The number of pyridine rings is 2. The molecular formula is C25H20FN7O. The molecule has 2 bridgehead atoms. The number of anilines is 1. The largest absolute Gasteiger partial charge is 0.482 e. The summed E-state index contributed by atoms with van der Waals surface area (Å²) in [5.74, 6) is 0.0196. The average Bonchev–Trinajstić information content (AvgIpc) is 3.23. The summed E-state index contributed by atoms with van der Waals surface area (Å²) in [6, 6.07) is 11.8. The number of nitrogen functional groups attached to an aromatic ring is 1. The number of nitriles is 1. The summed E-state index contributed by atoms with van der Waals surface area (Å²) in [4.78, 5) is 8.80. The van der Waals surface area contributed by atoms with Gasteiger partial charge in [0.05, 0.1) is 11.4 Å². The van der Waals surface area contributed by atoms with E-state index in [1.54, 1.807) is 42.1 Å². The molecule has 34 heavy (non-hydrogen) atoms. The number of aryl methyl sites for hydroxylation is 1. The molecule has 1 aliphatic rings. The highest BCUT2D eigenvalue weighted by Crippen LogP contribution is 2.39. The van der Waals surface area contributed by atoms with Crippen LogP contribution in [-0.4, -0.2) is 25.5 Å². The fourth-order valence-corrected chi connectivity index (χ4v) is 4.23. The second-order valence-electron chi connectivity index (χ2n) is 7.87. The van der Waals surface area contributed by atoms with E-state index in [-0.39, 0.29) is 17.3 Å². The minimum Gasteiger partial charge on any atom is -0.482 e. The Kier molecular flexibility index (Phi) is 5.06. The predicted octanol–water partition coefficient (Wildman–Crippen LogP) is 4.49. The maximum Gasteiger partial charge on any atom is 0.166 e. The number of benzene rings is 1. The van der Waals surface area contributed by atoms with Crippen LogP contribution in [0.15, 0.2) is 48.8 Å². The van der Waals surface area contributed by atoms with Crippen molar-refractivity contribution in [3.05, 3.63) is 77.1 Å². The maximum absolute atomic E-state index is 14.3. The average molecular weight is 453 g/mol. The lowest BCUT2D eigenvalue weighted by molar-refractivity contribution is 0.228. The first-order chi connectivity index (χ1) is 16.4. The molecule has 0 saturated heterocycles. The quantitative estimate of drug-likeness (QED) is 0.437. The number of fused-ring (bicyclic) bond motifs is 7. The van der Waals surface area contributed by atoms with E-state index in [9.17, 15) is 9.65 Å². The molecular weight excluding hydrogens is 433 g/mol. The highest BCUT2D eigenvalue weighted by molar-refractivity contribution is 6.16. The van der Waals surface area contributed by atoms with Crippen LogP contribution in [0.1, 0.15) is 42.5 Å². The van der Waals surface area contributed by atoms with Crippen molar-refractivity contribution in [2.75, 3.05) is 5.73 Å². The zero-order valence-electron chi connectivity index (χ0n) is 18.5. The Morgan fingerprint density at radius 3 is 2.79 bits per heavy atom. The van der Waals surface area contributed by atoms with Crippen LogP contribution < -0.4 is 10.5 Å². The normalized spacial score (nSPS) is 14.5. The van der Waals surface area contributed by atoms with E-state index in [1.807, 2.05) is 6.92 Å². The molecule has 168 valence electrons. The molecule has 0 radical (unpaired) electrons. The van der Waals surface area contributed by atoms with Gasteiger partial charge in [0.2, 0.25) is 0 Å². The van der Waals surface area contributed by atoms with Crippen molar-refractivity contribution in [1.29, 1.82) is 10.7 Å². The van der Waals surface area contributed by atoms with E-state index in [2.05, 4.69) is 21.1 Å². The third-order valence-corrected chi connectivity index (χ3v) is 5.85. The maximum atomic E-state index is 14.3. The molecule has 0 saturated carbocycles. The van der Waals surface area contributed by atoms with E-state index in [1.165, 1.54) is 18.3 Å². The SMILES string of the molecule is CCn1nc2c(c1C#N)-c1cnc(N)c(c1)O[C@H](C)c1cc(F)ccc1-c1ncccc1C2=N. The van der Waals surface area contributed by atoms with Crippen LogP contribution in [-0.2, 0) is 6.54 Å². The second kappa shape index (κ2) is 8.08. The van der Waals surface area contributed by atoms with Crippen molar-refractivity contribution >= 4 is 11.5 Å². The lowest BCUT2D eigenvalue weighted by Gasteiger charge is -2.21. The summed E-state index contributed by atoms with van der Waals surface area (Å²) in [6.45, 7) is 4.09. The number of halogens is 1. The van der Waals surface area contributed by atoms with Gasteiger partial charge in [-0.05, 0) is 50.2 Å². The number of ether oxygens (including phenoxy) is 1. The molecule has 0 amide bonds. The first-order valence-corrected chi connectivity index (χ1v) is 10.7. The summed E-state index contributed by atoms with van der Waals surface area (Å²) in [5, 5.41) is 23.6. The summed E-state index contributed by atoms with van der Waals surface area (Å²) in [7, 11) is 0. The molecule has 0 spiro atoms. The van der Waals surface area contributed by atoms with E-state index in [0.717, 1.165) is 0 Å². The van der Waals surface area contributed by atoms with Gasteiger partial charge in [-0.15, -0.1) is 0 Å². The summed E-state index contributed by atoms with van der Waals surface area (Å²) >= 11 is 0. The molecule has 4 heterocycles. The van der Waals surface area contributed by atoms with Crippen LogP contribution in [0.4, 0.5) is 10.2 Å². The molecule has 9 heteroatoms. The highest BCUT2D eigenvalue weighted by Gasteiger charge is 2.28. The number of nitrogens with one attached hydrogen (secondary N) is 1. The Morgan fingerprint density at radius 2 is 2.03 bits per heavy atom. The molecule has 0 unspecified atom stereocenters. The standard InChI is InChI=1S/C25H20FN7O/c1-3-33-19(11-27)21-14-9-20(25(29)31-12-14)34-13(2)18-10-15(26)6-7-16(18)23-17(5-4-8-30-23)22(28)24(21)32-33/h4-10,12-13,28H,3H2,1-2H3,(H2,29,31)/t13-/m1/s1. The number of rotatable bonds is 1. The third kappa shape index (κ3) is 3.28. The van der Waals surface area contributed by atoms with E-state index in [4.69, 9.17) is 15.9 Å². The Balaban J connectivity index is 1.90. The molecule has 1 atom stereocenters. The van der Waals surface area contributed by atoms with Crippen molar-refractivity contribution in [2.45, 2.75) is 26.5 Å². The Bertz CT molecular complexity index is 1500. The van der Waals surface area contributed by atoms with E-state index < -0.39 is 11.9 Å². The second-order valence-corrected chi connectivity index (χ2v) is 7.87. The van der Waals surface area contributed by atoms with Gasteiger partial charge in [0, 0.05) is 46.8 Å². The smallest absolute Gasteiger partial charge is 0.166 e. The Labute approximate surface area is 195 Å². The number of hydrogen-bond donors (Lipinski definition) is 2. The van der Waals surface area contributed by atoms with E-state index >= 15 is 0 Å². The highest BCUT2D eigenvalue weighted by atomic mass is 19.1. The van der Waals surface area contributed by atoms with Crippen LogP contribution in [0.5, 0.6) is 5.75 Å². The van der Waals surface area contributed by atoms with Crippen molar-refractivity contribution < 1.29 is 9.13 Å². The summed E-state index contributed by atoms with van der Waals surface area (Å²) in [6.07, 6.45) is 2.54. The first-order valence-electron chi connectivity index (χ1n) is 10.7. The van der Waals surface area contributed by atoms with Crippen molar-refractivity contribution in [3.63, 3.8) is 0 Å². The van der Waals surface area contributed by atoms with Gasteiger partial charge in [-0.1, -0.05) is 0 Å². The van der Waals surface area contributed by atoms with Crippen molar-refractivity contribution in [1.82, 2.24) is 19.7 Å². The molecule has 1 aromatic carbocycles. The van der Waals surface area contributed by atoms with Crippen molar-refractivity contribution in [3.8, 4) is 34.2 Å². The van der Waals surface area contributed by atoms with Crippen LogP contribution >= 0.6 is 0 Å². The zero-order chi connectivity index (χ0) is 24.0. The van der Waals surface area contributed by atoms with Gasteiger partial charge < -0.3 is 10.5 Å². The molecule has 8 nitrogen and oxygen atoms in total. The first kappa shape index (κ1) is 21.3. The van der Waals surface area contributed by atoms with Gasteiger partial charge in [-0.3, -0.25) is 15.1 Å². The van der Waals surface area contributed by atoms with Gasteiger partial charge >= 0.3 is 0 Å². The lowest BCUT2D eigenvalue weighted by atomic mass is 9.92. The number of nitrogens with two attached hydrogens (primary N) is 1. The minimum absolute atomic E-state index is 0.0876. The monoisotopic (exact) mass is 453 g/mol. The third-order valence-electron chi connectivity index (χ3n) is 5.85. The minimum atomic E-state index is -0.609. The number of hydrogen-bond acceptors (Lipinski definition) is 7. The molecule has 5 rings (SSSR count). The summed E-state index contributed by atoms with van der Waals surface area (Å²) < 4.78 is 22.0. The van der Waals surface area contributed by atoms with Crippen LogP contribution in [0, 0.1) is 22.6 Å². The zero-order valence-corrected chi connectivity index (χ0v) is 18.5. The van der Waals surface area contributed by atoms with Gasteiger partial charge in [0.1, 0.15) is 29.4 Å². The van der Waals surface area contributed by atoms with Crippen LogP contribution in [0.3, 0.4) is 0 Å². The molecule has 4 aromatic rings. The molecule has 0 aliphatic carbocycles. The van der Waals surface area contributed by atoms with Gasteiger partial charge in [-0.25, -0.2) is 9.37 Å². The predicted molar refractivity (Wildman–Crippen MR) is 125 cm³/mol. The topological polar surface area (TPSA) is 126 Å². The van der Waals surface area contributed by atoms with Gasteiger partial charge in [0.15, 0.2) is 11.6 Å². The lowest BCUT2D eigenvalue weighted by Crippen LogP contribution is -2.12. The molecule has 3 N–H and O–H groups in total. The van der Waals surface area contributed by atoms with Gasteiger partial charge in [0.25, 0.3) is 0 Å². The Hall–Kier alpha value is -4.58.